The lowest BCUT2D eigenvalue weighted by Crippen LogP contribution is -2.14. The summed E-state index contributed by atoms with van der Waals surface area (Å²) in [4.78, 5) is 7.60. The monoisotopic (exact) mass is 217 g/mol. The first-order valence-corrected chi connectivity index (χ1v) is 5.95. The van der Waals surface area contributed by atoms with E-state index in [0.717, 1.165) is 21.5 Å². The second kappa shape index (κ2) is 5.59. The molecule has 3 nitrogen and oxygen atoms in total. The van der Waals surface area contributed by atoms with E-state index in [1.165, 1.54) is 0 Å². The molecular weight excluding hydrogens is 202 g/mol. The van der Waals surface area contributed by atoms with Crippen molar-refractivity contribution < 1.29 is 0 Å². The number of thioether (sulfide) groups is 1. The Morgan fingerprint density at radius 3 is 2.92 bits per heavy atom. The van der Waals surface area contributed by atoms with Crippen molar-refractivity contribution in [2.24, 2.45) is 5.73 Å². The summed E-state index contributed by atoms with van der Waals surface area (Å²) in [7, 11) is 4.15. The van der Waals surface area contributed by atoms with E-state index in [-0.39, 0.29) is 0 Å². The van der Waals surface area contributed by atoms with Gasteiger partial charge in [-0.2, -0.15) is 0 Å². The van der Waals surface area contributed by atoms with Gasteiger partial charge >= 0.3 is 0 Å². The first kappa shape index (κ1) is 11.0. The molecule has 0 saturated carbocycles. The maximum atomic E-state index is 5.49. The van der Waals surface area contributed by atoms with Crippen LogP contribution in [0.2, 0.25) is 0 Å². The molecular formula is C8H15N3S2. The molecule has 0 spiro atoms. The van der Waals surface area contributed by atoms with Crippen LogP contribution in [0.25, 0.3) is 0 Å². The van der Waals surface area contributed by atoms with Crippen LogP contribution in [0.4, 0.5) is 0 Å². The van der Waals surface area contributed by atoms with Crippen LogP contribution in [-0.4, -0.2) is 36.3 Å². The second-order valence-electron chi connectivity index (χ2n) is 2.95. The number of rotatable bonds is 5. The molecule has 0 unspecified atom stereocenters. The summed E-state index contributed by atoms with van der Waals surface area (Å²) in [5, 5.41) is 0. The normalized spacial score (nSPS) is 11.1. The predicted molar refractivity (Wildman–Crippen MR) is 59.3 cm³/mol. The quantitative estimate of drug-likeness (QED) is 0.754. The number of hydrogen-bond donors (Lipinski definition) is 1. The summed E-state index contributed by atoms with van der Waals surface area (Å²) in [5.74, 6) is 1.09. The summed E-state index contributed by atoms with van der Waals surface area (Å²) < 4.78 is 1.13. The zero-order chi connectivity index (χ0) is 9.68. The van der Waals surface area contributed by atoms with E-state index >= 15 is 0 Å². The molecule has 1 heterocycles. The Hall–Kier alpha value is -0.100. The molecule has 0 radical (unpaired) electrons. The van der Waals surface area contributed by atoms with Crippen LogP contribution < -0.4 is 5.73 Å². The van der Waals surface area contributed by atoms with Crippen molar-refractivity contribution in [1.82, 2.24) is 9.88 Å². The van der Waals surface area contributed by atoms with Gasteiger partial charge in [0.2, 0.25) is 0 Å². The van der Waals surface area contributed by atoms with E-state index in [2.05, 4.69) is 24.0 Å². The second-order valence-corrected chi connectivity index (χ2v) is 5.41. The van der Waals surface area contributed by atoms with Gasteiger partial charge in [-0.15, -0.1) is 11.3 Å². The van der Waals surface area contributed by atoms with E-state index in [9.17, 15) is 0 Å². The van der Waals surface area contributed by atoms with Gasteiger partial charge < -0.3 is 10.6 Å². The highest BCUT2D eigenvalue weighted by atomic mass is 32.2. The number of nitrogens with two attached hydrogens (primary N) is 1. The Labute approximate surface area is 87.3 Å². The van der Waals surface area contributed by atoms with Gasteiger partial charge in [0.05, 0.1) is 0 Å². The van der Waals surface area contributed by atoms with E-state index in [0.29, 0.717) is 6.54 Å². The molecule has 0 aliphatic heterocycles. The lowest BCUT2D eigenvalue weighted by atomic mass is 10.6. The molecule has 0 aromatic carbocycles. The number of nitrogens with zero attached hydrogens (tertiary/aromatic N) is 2. The van der Waals surface area contributed by atoms with Gasteiger partial charge in [-0.3, -0.25) is 0 Å². The zero-order valence-corrected chi connectivity index (χ0v) is 9.62. The zero-order valence-electron chi connectivity index (χ0n) is 7.99. The molecule has 13 heavy (non-hydrogen) atoms. The highest BCUT2D eigenvalue weighted by molar-refractivity contribution is 8.01. The van der Waals surface area contributed by atoms with Crippen molar-refractivity contribution in [1.29, 1.82) is 0 Å². The Kier molecular flexibility index (Phi) is 4.72. The molecule has 0 bridgehead atoms. The van der Waals surface area contributed by atoms with Crippen molar-refractivity contribution >= 4 is 23.1 Å². The Balaban J connectivity index is 2.28. The minimum atomic E-state index is 0.603. The van der Waals surface area contributed by atoms with Crippen LogP contribution in [0, 0.1) is 0 Å². The predicted octanol–water partition coefficient (Wildman–Crippen LogP) is 1.26. The van der Waals surface area contributed by atoms with E-state index in [1.54, 1.807) is 23.1 Å². The maximum Gasteiger partial charge on any atom is 0.150 e. The largest absolute Gasteiger partial charge is 0.326 e. The van der Waals surface area contributed by atoms with Crippen molar-refractivity contribution in [2.45, 2.75) is 10.9 Å². The molecule has 2 N–H and O–H groups in total. The smallest absolute Gasteiger partial charge is 0.150 e. The van der Waals surface area contributed by atoms with Gasteiger partial charge in [0.25, 0.3) is 0 Å². The van der Waals surface area contributed by atoms with Gasteiger partial charge in [0.15, 0.2) is 0 Å². The number of thiazole rings is 1. The molecule has 0 saturated heterocycles. The molecule has 0 aliphatic rings. The van der Waals surface area contributed by atoms with Gasteiger partial charge in [0, 0.05) is 29.9 Å². The van der Waals surface area contributed by atoms with E-state index < -0.39 is 0 Å². The third kappa shape index (κ3) is 4.08. The van der Waals surface area contributed by atoms with Gasteiger partial charge in [-0.1, -0.05) is 11.8 Å². The fraction of sp³-hybridized carbons (Fsp3) is 0.625. The lowest BCUT2D eigenvalue weighted by Gasteiger charge is -2.06. The van der Waals surface area contributed by atoms with Crippen LogP contribution >= 0.6 is 23.1 Å². The van der Waals surface area contributed by atoms with Crippen LogP contribution in [0.5, 0.6) is 0 Å². The molecule has 0 amide bonds. The summed E-state index contributed by atoms with van der Waals surface area (Å²) >= 11 is 3.49. The summed E-state index contributed by atoms with van der Waals surface area (Å²) in [6, 6.07) is 0. The Morgan fingerprint density at radius 2 is 2.38 bits per heavy atom. The Bertz CT molecular complexity index is 247. The highest BCUT2D eigenvalue weighted by Crippen LogP contribution is 2.23. The summed E-state index contributed by atoms with van der Waals surface area (Å²) in [6.45, 7) is 1.69. The van der Waals surface area contributed by atoms with Crippen LogP contribution in [0.1, 0.15) is 4.88 Å². The minimum absolute atomic E-state index is 0.603. The average molecular weight is 217 g/mol. The lowest BCUT2D eigenvalue weighted by molar-refractivity contribution is 0.437. The standard InChI is InChI=1S/C8H15N3S2/c1-11(2)3-4-12-8-10-6-7(5-9)13-8/h6H,3-5,9H2,1-2H3. The molecule has 74 valence electrons. The first-order valence-electron chi connectivity index (χ1n) is 4.14. The fourth-order valence-electron chi connectivity index (χ4n) is 0.766. The average Bonchev–Trinajstić information content (AvgIpc) is 2.52. The number of aromatic nitrogens is 1. The van der Waals surface area contributed by atoms with Crippen LogP contribution in [0.3, 0.4) is 0 Å². The van der Waals surface area contributed by atoms with Gasteiger partial charge in [0.1, 0.15) is 4.34 Å². The van der Waals surface area contributed by atoms with E-state index in [4.69, 9.17) is 5.73 Å². The minimum Gasteiger partial charge on any atom is -0.326 e. The van der Waals surface area contributed by atoms with E-state index in [1.807, 2.05) is 6.20 Å². The molecule has 1 aromatic rings. The van der Waals surface area contributed by atoms with Crippen molar-refractivity contribution in [3.05, 3.63) is 11.1 Å². The van der Waals surface area contributed by atoms with Crippen molar-refractivity contribution in [2.75, 3.05) is 26.4 Å². The molecule has 5 heteroatoms. The van der Waals surface area contributed by atoms with Crippen LogP contribution in [0.15, 0.2) is 10.5 Å². The van der Waals surface area contributed by atoms with Crippen molar-refractivity contribution in [3.63, 3.8) is 0 Å². The molecule has 1 aromatic heterocycles. The Morgan fingerprint density at radius 1 is 1.62 bits per heavy atom. The topological polar surface area (TPSA) is 42.2 Å². The summed E-state index contributed by atoms with van der Waals surface area (Å²) in [6.07, 6.45) is 1.86. The van der Waals surface area contributed by atoms with Gasteiger partial charge in [-0.25, -0.2) is 4.98 Å². The third-order valence-corrected chi connectivity index (χ3v) is 3.65. The molecule has 0 fully saturated rings. The summed E-state index contributed by atoms with van der Waals surface area (Å²) in [5.41, 5.74) is 5.49. The molecule has 0 aliphatic carbocycles. The SMILES string of the molecule is CN(C)CCSc1ncc(CN)s1. The highest BCUT2D eigenvalue weighted by Gasteiger charge is 2.00. The molecule has 0 atom stereocenters. The van der Waals surface area contributed by atoms with Gasteiger partial charge in [-0.05, 0) is 14.1 Å². The third-order valence-electron chi connectivity index (χ3n) is 1.50. The van der Waals surface area contributed by atoms with Crippen molar-refractivity contribution in [3.8, 4) is 0 Å². The van der Waals surface area contributed by atoms with Crippen LogP contribution in [-0.2, 0) is 6.54 Å². The fourth-order valence-corrected chi connectivity index (χ4v) is 2.85. The first-order chi connectivity index (χ1) is 6.22. The molecule has 1 rings (SSSR count). The number of hydrogen-bond acceptors (Lipinski definition) is 5. The maximum absolute atomic E-state index is 5.49.